The standard InChI is InChI=1S/C33H28FNO3/c34-28-14-8-16-30(18-28)35(29-15-7-13-27(17-29)22-36)31-19-32(37-23-25-9-3-1-4-10-25)21-33(20-31)38-24-26-11-5-2-6-12-26/h1-21,36H,22-24H2. The van der Waals surface area contributed by atoms with Gasteiger partial charge in [0.15, 0.2) is 0 Å². The lowest BCUT2D eigenvalue weighted by Crippen LogP contribution is -2.11. The van der Waals surface area contributed by atoms with E-state index in [2.05, 4.69) is 0 Å². The van der Waals surface area contributed by atoms with Crippen LogP contribution in [-0.2, 0) is 19.8 Å². The fraction of sp³-hybridized carbons (Fsp3) is 0.0909. The zero-order valence-corrected chi connectivity index (χ0v) is 20.8. The fourth-order valence-electron chi connectivity index (χ4n) is 4.19. The maximum atomic E-state index is 14.4. The summed E-state index contributed by atoms with van der Waals surface area (Å²) in [7, 11) is 0. The van der Waals surface area contributed by atoms with Gasteiger partial charge in [-0.2, -0.15) is 0 Å². The molecule has 0 aliphatic heterocycles. The largest absolute Gasteiger partial charge is 0.489 e. The molecule has 4 nitrogen and oxygen atoms in total. The molecule has 190 valence electrons. The van der Waals surface area contributed by atoms with Crippen LogP contribution in [0.3, 0.4) is 0 Å². The lowest BCUT2D eigenvalue weighted by molar-refractivity contribution is 0.282. The van der Waals surface area contributed by atoms with Gasteiger partial charge in [-0.1, -0.05) is 78.9 Å². The van der Waals surface area contributed by atoms with E-state index in [-0.39, 0.29) is 12.4 Å². The Kier molecular flexibility index (Phi) is 7.97. The van der Waals surface area contributed by atoms with Crippen molar-refractivity contribution >= 4 is 17.1 Å². The van der Waals surface area contributed by atoms with Crippen LogP contribution in [0.25, 0.3) is 0 Å². The zero-order valence-electron chi connectivity index (χ0n) is 20.8. The normalized spacial score (nSPS) is 10.7. The summed E-state index contributed by atoms with van der Waals surface area (Å²) in [6.45, 7) is 0.682. The summed E-state index contributed by atoms with van der Waals surface area (Å²) in [5, 5.41) is 9.76. The molecule has 1 N–H and O–H groups in total. The van der Waals surface area contributed by atoms with Gasteiger partial charge in [0.1, 0.15) is 30.5 Å². The topological polar surface area (TPSA) is 41.9 Å². The van der Waals surface area contributed by atoms with Crippen LogP contribution in [0.15, 0.2) is 127 Å². The average molecular weight is 506 g/mol. The lowest BCUT2D eigenvalue weighted by atomic mass is 10.1. The molecule has 0 atom stereocenters. The Labute approximate surface area is 222 Å². The molecule has 38 heavy (non-hydrogen) atoms. The zero-order chi connectivity index (χ0) is 26.2. The first-order valence-corrected chi connectivity index (χ1v) is 12.4. The van der Waals surface area contributed by atoms with Crippen LogP contribution >= 0.6 is 0 Å². The summed E-state index contributed by atoms with van der Waals surface area (Å²) in [5.41, 5.74) is 4.98. The molecular weight excluding hydrogens is 477 g/mol. The molecule has 5 rings (SSSR count). The third-order valence-corrected chi connectivity index (χ3v) is 6.04. The summed E-state index contributed by atoms with van der Waals surface area (Å²) in [6.07, 6.45) is 0. The third-order valence-electron chi connectivity index (χ3n) is 6.04. The van der Waals surface area contributed by atoms with Gasteiger partial charge in [-0.15, -0.1) is 0 Å². The molecule has 0 unspecified atom stereocenters. The monoisotopic (exact) mass is 505 g/mol. The number of nitrogens with zero attached hydrogens (tertiary/aromatic N) is 1. The average Bonchev–Trinajstić information content (AvgIpc) is 2.96. The highest BCUT2D eigenvalue weighted by molar-refractivity contribution is 5.78. The number of hydrogen-bond acceptors (Lipinski definition) is 4. The van der Waals surface area contributed by atoms with E-state index in [1.165, 1.54) is 12.1 Å². The van der Waals surface area contributed by atoms with E-state index in [4.69, 9.17) is 9.47 Å². The van der Waals surface area contributed by atoms with Gasteiger partial charge in [0.05, 0.1) is 12.3 Å². The maximum Gasteiger partial charge on any atom is 0.125 e. The molecule has 0 fully saturated rings. The molecule has 0 amide bonds. The predicted octanol–water partition coefficient (Wildman–Crippen LogP) is 7.95. The number of aliphatic hydroxyl groups excluding tert-OH is 1. The van der Waals surface area contributed by atoms with Crippen LogP contribution in [0.5, 0.6) is 11.5 Å². The Bertz CT molecular complexity index is 1410. The Morgan fingerprint density at radius 1 is 0.526 bits per heavy atom. The third kappa shape index (κ3) is 6.38. The van der Waals surface area contributed by atoms with Gasteiger partial charge in [-0.05, 0) is 47.0 Å². The van der Waals surface area contributed by atoms with Crippen LogP contribution in [0.1, 0.15) is 16.7 Å². The number of halogens is 1. The first-order valence-electron chi connectivity index (χ1n) is 12.4. The van der Waals surface area contributed by atoms with Crippen molar-refractivity contribution in [2.24, 2.45) is 0 Å². The molecule has 0 bridgehead atoms. The van der Waals surface area contributed by atoms with E-state index in [0.29, 0.717) is 30.4 Å². The highest BCUT2D eigenvalue weighted by Gasteiger charge is 2.17. The van der Waals surface area contributed by atoms with Crippen molar-refractivity contribution < 1.29 is 19.0 Å². The van der Waals surface area contributed by atoms with Crippen LogP contribution < -0.4 is 14.4 Å². The van der Waals surface area contributed by atoms with E-state index in [1.54, 1.807) is 6.07 Å². The first-order chi connectivity index (χ1) is 18.7. The molecule has 5 aromatic carbocycles. The fourth-order valence-corrected chi connectivity index (χ4v) is 4.19. The van der Waals surface area contributed by atoms with Crippen molar-refractivity contribution in [2.75, 3.05) is 4.90 Å². The molecule has 0 saturated carbocycles. The van der Waals surface area contributed by atoms with Gasteiger partial charge in [0, 0.05) is 29.6 Å². The summed E-state index contributed by atoms with van der Waals surface area (Å²) < 4.78 is 26.8. The Morgan fingerprint density at radius 2 is 1.05 bits per heavy atom. The van der Waals surface area contributed by atoms with Gasteiger partial charge in [0.2, 0.25) is 0 Å². The number of hydrogen-bond donors (Lipinski definition) is 1. The van der Waals surface area contributed by atoms with E-state index >= 15 is 0 Å². The van der Waals surface area contributed by atoms with Crippen molar-refractivity contribution in [1.82, 2.24) is 0 Å². The molecule has 0 spiro atoms. The van der Waals surface area contributed by atoms with Crippen LogP contribution in [0.2, 0.25) is 0 Å². The molecule has 0 radical (unpaired) electrons. The van der Waals surface area contributed by atoms with Gasteiger partial charge in [-0.25, -0.2) is 4.39 Å². The minimum atomic E-state index is -0.345. The SMILES string of the molecule is OCc1cccc(N(c2cccc(F)c2)c2cc(OCc3ccccc3)cc(OCc3ccccc3)c2)c1. The second-order valence-corrected chi connectivity index (χ2v) is 8.85. The maximum absolute atomic E-state index is 14.4. The summed E-state index contributed by atoms with van der Waals surface area (Å²) in [6, 6.07) is 39.5. The van der Waals surface area contributed by atoms with E-state index in [1.807, 2.05) is 114 Å². The van der Waals surface area contributed by atoms with Crippen LogP contribution in [0.4, 0.5) is 21.5 Å². The van der Waals surface area contributed by atoms with Crippen molar-refractivity contribution in [1.29, 1.82) is 0 Å². The predicted molar refractivity (Wildman–Crippen MR) is 149 cm³/mol. The van der Waals surface area contributed by atoms with Crippen LogP contribution in [0, 0.1) is 5.82 Å². The van der Waals surface area contributed by atoms with E-state index in [0.717, 1.165) is 28.1 Å². The highest BCUT2D eigenvalue weighted by atomic mass is 19.1. The number of aliphatic hydroxyl groups is 1. The molecule has 0 aliphatic carbocycles. The summed E-state index contributed by atoms with van der Waals surface area (Å²) in [5.74, 6) is 0.895. The van der Waals surface area contributed by atoms with Gasteiger partial charge < -0.3 is 19.5 Å². The van der Waals surface area contributed by atoms with E-state index < -0.39 is 0 Å². The molecule has 5 aromatic rings. The number of rotatable bonds is 10. The number of anilines is 3. The minimum Gasteiger partial charge on any atom is -0.489 e. The Morgan fingerprint density at radius 3 is 1.61 bits per heavy atom. The molecule has 5 heteroatoms. The molecule has 0 saturated heterocycles. The molecule has 0 heterocycles. The van der Waals surface area contributed by atoms with E-state index in [9.17, 15) is 9.50 Å². The lowest BCUT2D eigenvalue weighted by Gasteiger charge is -2.27. The molecule has 0 aromatic heterocycles. The quantitative estimate of drug-likeness (QED) is 0.209. The molecular formula is C33H28FNO3. The highest BCUT2D eigenvalue weighted by Crippen LogP contribution is 2.39. The Hall–Kier alpha value is -4.61. The van der Waals surface area contributed by atoms with Gasteiger partial charge >= 0.3 is 0 Å². The van der Waals surface area contributed by atoms with Gasteiger partial charge in [-0.3, -0.25) is 0 Å². The van der Waals surface area contributed by atoms with Crippen molar-refractivity contribution in [2.45, 2.75) is 19.8 Å². The summed E-state index contributed by atoms with van der Waals surface area (Å²) in [4.78, 5) is 1.92. The number of ether oxygens (including phenoxy) is 2. The Balaban J connectivity index is 1.56. The smallest absolute Gasteiger partial charge is 0.125 e. The van der Waals surface area contributed by atoms with Crippen LogP contribution in [-0.4, -0.2) is 5.11 Å². The summed E-state index contributed by atoms with van der Waals surface area (Å²) >= 11 is 0. The first kappa shape index (κ1) is 25.1. The molecule has 0 aliphatic rings. The minimum absolute atomic E-state index is 0.101. The second kappa shape index (κ2) is 12.1. The van der Waals surface area contributed by atoms with Crippen molar-refractivity contribution in [3.8, 4) is 11.5 Å². The van der Waals surface area contributed by atoms with Crippen molar-refractivity contribution in [3.05, 3.63) is 150 Å². The second-order valence-electron chi connectivity index (χ2n) is 8.85. The van der Waals surface area contributed by atoms with Gasteiger partial charge in [0.25, 0.3) is 0 Å². The van der Waals surface area contributed by atoms with Crippen molar-refractivity contribution in [3.63, 3.8) is 0 Å². The number of benzene rings is 5.